The largest absolute Gasteiger partial charge is 0.342 e. The third-order valence-corrected chi connectivity index (χ3v) is 4.11. The molecule has 0 aromatic carbocycles. The summed E-state index contributed by atoms with van der Waals surface area (Å²) in [4.78, 5) is 13.9. The van der Waals surface area contributed by atoms with Crippen molar-refractivity contribution in [3.63, 3.8) is 0 Å². The monoisotopic (exact) mass is 238 g/mol. The number of amides is 1. The van der Waals surface area contributed by atoms with Gasteiger partial charge in [-0.05, 0) is 25.7 Å². The second-order valence-corrected chi connectivity index (χ2v) is 5.51. The number of hydrogen-bond donors (Lipinski definition) is 1. The van der Waals surface area contributed by atoms with Gasteiger partial charge in [0.2, 0.25) is 5.91 Å². The van der Waals surface area contributed by atoms with E-state index >= 15 is 0 Å². The van der Waals surface area contributed by atoms with Crippen LogP contribution < -0.4 is 5.32 Å². The molecule has 0 radical (unpaired) electrons. The summed E-state index contributed by atoms with van der Waals surface area (Å²) in [6.45, 7) is 2.51. The van der Waals surface area contributed by atoms with E-state index in [2.05, 4.69) is 5.32 Å². The van der Waals surface area contributed by atoms with Gasteiger partial charge in [0.1, 0.15) is 0 Å². The van der Waals surface area contributed by atoms with Gasteiger partial charge in [-0.15, -0.1) is 0 Å². The van der Waals surface area contributed by atoms with Crippen LogP contribution in [0.3, 0.4) is 0 Å². The van der Waals surface area contributed by atoms with E-state index in [0.717, 1.165) is 13.1 Å². The van der Waals surface area contributed by atoms with E-state index in [-0.39, 0.29) is 0 Å². The Kier molecular flexibility index (Phi) is 5.30. The van der Waals surface area contributed by atoms with Gasteiger partial charge in [0.15, 0.2) is 0 Å². The van der Waals surface area contributed by atoms with Crippen LogP contribution in [-0.2, 0) is 4.79 Å². The second kappa shape index (κ2) is 7.00. The summed E-state index contributed by atoms with van der Waals surface area (Å²) in [6, 6.07) is 0.585. The van der Waals surface area contributed by atoms with Gasteiger partial charge in [-0.1, -0.05) is 32.1 Å². The predicted octanol–water partition coefficient (Wildman–Crippen LogP) is 2.31. The first-order valence-corrected chi connectivity index (χ1v) is 7.37. The maximum atomic E-state index is 11.9. The number of hydrogen-bond acceptors (Lipinski definition) is 2. The quantitative estimate of drug-likeness (QED) is 0.818. The first-order chi connectivity index (χ1) is 8.36. The molecule has 1 aliphatic heterocycles. The summed E-state index contributed by atoms with van der Waals surface area (Å²) in [5, 5.41) is 3.47. The Bertz CT molecular complexity index is 228. The van der Waals surface area contributed by atoms with Crippen LogP contribution in [0.25, 0.3) is 0 Å². The Morgan fingerprint density at radius 1 is 0.941 bits per heavy atom. The van der Waals surface area contributed by atoms with Crippen molar-refractivity contribution in [1.82, 2.24) is 10.2 Å². The maximum Gasteiger partial charge on any atom is 0.236 e. The van der Waals surface area contributed by atoms with Gasteiger partial charge in [0.25, 0.3) is 0 Å². The summed E-state index contributed by atoms with van der Waals surface area (Å²) in [5.74, 6) is 0.310. The molecule has 1 amide bonds. The lowest BCUT2D eigenvalue weighted by atomic mass is 9.97. The number of nitrogens with one attached hydrogen (secondary N) is 1. The van der Waals surface area contributed by atoms with Crippen LogP contribution in [0, 0.1) is 0 Å². The minimum atomic E-state index is 0.310. The fourth-order valence-electron chi connectivity index (χ4n) is 2.97. The number of carbonyl (C=O) groups is 1. The van der Waals surface area contributed by atoms with E-state index in [1.54, 1.807) is 0 Å². The summed E-state index contributed by atoms with van der Waals surface area (Å²) >= 11 is 0. The molecule has 3 nitrogen and oxygen atoms in total. The lowest BCUT2D eigenvalue weighted by Crippen LogP contribution is -2.40. The molecule has 2 aliphatic rings. The molecule has 1 N–H and O–H groups in total. The topological polar surface area (TPSA) is 32.3 Å². The normalized spacial score (nSPS) is 23.4. The molecule has 2 fully saturated rings. The zero-order valence-corrected chi connectivity index (χ0v) is 10.9. The maximum absolute atomic E-state index is 11.9. The third-order valence-electron chi connectivity index (χ3n) is 4.11. The molecule has 0 spiro atoms. The lowest BCUT2D eigenvalue weighted by molar-refractivity contribution is -0.129. The Morgan fingerprint density at radius 3 is 2.18 bits per heavy atom. The fraction of sp³-hybridized carbons (Fsp3) is 0.929. The molecule has 2 rings (SSSR count). The molecule has 1 aliphatic carbocycles. The first kappa shape index (κ1) is 12.9. The molecular weight excluding hydrogens is 212 g/mol. The highest BCUT2D eigenvalue weighted by Gasteiger charge is 2.19. The molecule has 0 aromatic rings. The van der Waals surface area contributed by atoms with Gasteiger partial charge in [0, 0.05) is 19.1 Å². The average Bonchev–Trinajstić information content (AvgIpc) is 2.80. The van der Waals surface area contributed by atoms with Gasteiger partial charge in [-0.3, -0.25) is 4.79 Å². The molecule has 0 aromatic heterocycles. The molecule has 1 heterocycles. The smallest absolute Gasteiger partial charge is 0.236 e. The summed E-state index contributed by atoms with van der Waals surface area (Å²) in [6.07, 6.45) is 11.7. The number of nitrogens with zero attached hydrogens (tertiary/aromatic N) is 1. The van der Waals surface area contributed by atoms with Crippen LogP contribution in [0.15, 0.2) is 0 Å². The van der Waals surface area contributed by atoms with Crippen LogP contribution in [-0.4, -0.2) is 36.5 Å². The van der Waals surface area contributed by atoms with Crippen molar-refractivity contribution in [2.75, 3.05) is 19.6 Å². The van der Waals surface area contributed by atoms with Crippen molar-refractivity contribution in [2.24, 2.45) is 0 Å². The average molecular weight is 238 g/mol. The van der Waals surface area contributed by atoms with Crippen LogP contribution in [0.4, 0.5) is 0 Å². The van der Waals surface area contributed by atoms with Crippen molar-refractivity contribution >= 4 is 5.91 Å². The molecule has 0 bridgehead atoms. The van der Waals surface area contributed by atoms with Gasteiger partial charge in [-0.2, -0.15) is 0 Å². The summed E-state index contributed by atoms with van der Waals surface area (Å²) in [7, 11) is 0. The van der Waals surface area contributed by atoms with E-state index in [1.807, 2.05) is 4.90 Å². The van der Waals surface area contributed by atoms with Crippen molar-refractivity contribution in [2.45, 2.75) is 63.8 Å². The highest BCUT2D eigenvalue weighted by Crippen LogP contribution is 2.17. The van der Waals surface area contributed by atoms with Gasteiger partial charge < -0.3 is 10.2 Å². The zero-order chi connectivity index (χ0) is 11.9. The molecule has 1 saturated carbocycles. The van der Waals surface area contributed by atoms with E-state index < -0.39 is 0 Å². The molecule has 0 unspecified atom stereocenters. The standard InChI is InChI=1S/C14H26N2O/c17-14(16-10-6-7-11-16)12-15-13-8-4-2-1-3-5-9-13/h13,15H,1-12H2. The van der Waals surface area contributed by atoms with Crippen molar-refractivity contribution in [3.8, 4) is 0 Å². The van der Waals surface area contributed by atoms with Gasteiger partial charge in [-0.25, -0.2) is 0 Å². The highest BCUT2D eigenvalue weighted by molar-refractivity contribution is 5.78. The Morgan fingerprint density at radius 2 is 1.53 bits per heavy atom. The number of likely N-dealkylation sites (tertiary alicyclic amines) is 1. The SMILES string of the molecule is O=C(CNC1CCCCCCC1)N1CCCC1. The molecular formula is C14H26N2O. The van der Waals surface area contributed by atoms with Crippen LogP contribution in [0.5, 0.6) is 0 Å². The molecule has 0 atom stereocenters. The zero-order valence-electron chi connectivity index (χ0n) is 10.9. The van der Waals surface area contributed by atoms with Crippen LogP contribution in [0.1, 0.15) is 57.8 Å². The van der Waals surface area contributed by atoms with E-state index in [4.69, 9.17) is 0 Å². The minimum Gasteiger partial charge on any atom is -0.342 e. The minimum absolute atomic E-state index is 0.310. The van der Waals surface area contributed by atoms with Gasteiger partial charge >= 0.3 is 0 Å². The van der Waals surface area contributed by atoms with E-state index in [1.165, 1.54) is 57.8 Å². The fourth-order valence-corrected chi connectivity index (χ4v) is 2.97. The Balaban J connectivity index is 1.66. The number of rotatable bonds is 3. The van der Waals surface area contributed by atoms with E-state index in [9.17, 15) is 4.79 Å². The predicted molar refractivity (Wildman–Crippen MR) is 69.9 cm³/mol. The molecule has 17 heavy (non-hydrogen) atoms. The van der Waals surface area contributed by atoms with Gasteiger partial charge in [0.05, 0.1) is 6.54 Å². The molecule has 98 valence electrons. The Hall–Kier alpha value is -0.570. The number of carbonyl (C=O) groups excluding carboxylic acids is 1. The van der Waals surface area contributed by atoms with E-state index in [0.29, 0.717) is 18.5 Å². The highest BCUT2D eigenvalue weighted by atomic mass is 16.2. The van der Waals surface area contributed by atoms with Crippen LogP contribution in [0.2, 0.25) is 0 Å². The lowest BCUT2D eigenvalue weighted by Gasteiger charge is -2.22. The van der Waals surface area contributed by atoms with Crippen molar-refractivity contribution in [1.29, 1.82) is 0 Å². The Labute approximate surface area is 105 Å². The van der Waals surface area contributed by atoms with Crippen molar-refractivity contribution in [3.05, 3.63) is 0 Å². The second-order valence-electron chi connectivity index (χ2n) is 5.51. The van der Waals surface area contributed by atoms with Crippen LogP contribution >= 0.6 is 0 Å². The first-order valence-electron chi connectivity index (χ1n) is 7.37. The molecule has 3 heteroatoms. The third kappa shape index (κ3) is 4.30. The summed E-state index contributed by atoms with van der Waals surface area (Å²) < 4.78 is 0. The molecule has 1 saturated heterocycles. The summed E-state index contributed by atoms with van der Waals surface area (Å²) in [5.41, 5.74) is 0. The van der Waals surface area contributed by atoms with Crippen molar-refractivity contribution < 1.29 is 4.79 Å².